The SMILES string of the molecule is CCCCCCCCCCCCCCCCC=CC=CC=COC. The van der Waals surface area contributed by atoms with Gasteiger partial charge < -0.3 is 4.74 Å². The van der Waals surface area contributed by atoms with Crippen molar-refractivity contribution in [3.63, 3.8) is 0 Å². The van der Waals surface area contributed by atoms with Crippen LogP contribution in [0.3, 0.4) is 0 Å². The molecule has 0 aromatic carbocycles. The lowest BCUT2D eigenvalue weighted by Gasteiger charge is -2.02. The largest absolute Gasteiger partial charge is 0.504 e. The predicted molar refractivity (Wildman–Crippen MR) is 109 cm³/mol. The minimum absolute atomic E-state index is 1.20. The zero-order valence-corrected chi connectivity index (χ0v) is 16.5. The van der Waals surface area contributed by atoms with Crippen LogP contribution in [0.2, 0.25) is 0 Å². The van der Waals surface area contributed by atoms with Gasteiger partial charge in [0.15, 0.2) is 0 Å². The first-order chi connectivity index (χ1) is 11.9. The van der Waals surface area contributed by atoms with Crippen molar-refractivity contribution in [2.24, 2.45) is 0 Å². The van der Waals surface area contributed by atoms with Crippen LogP contribution in [0.15, 0.2) is 36.6 Å². The van der Waals surface area contributed by atoms with Gasteiger partial charge in [0.2, 0.25) is 0 Å². The van der Waals surface area contributed by atoms with E-state index in [0.29, 0.717) is 0 Å². The van der Waals surface area contributed by atoms with Crippen molar-refractivity contribution in [3.05, 3.63) is 36.6 Å². The van der Waals surface area contributed by atoms with Crippen LogP contribution in [-0.2, 0) is 4.74 Å². The van der Waals surface area contributed by atoms with Gasteiger partial charge in [0, 0.05) is 0 Å². The smallest absolute Gasteiger partial charge is 0.0824 e. The Bertz CT molecular complexity index is 301. The standard InChI is InChI=1S/C23H42O/c1-3-4-5-6-7-8-9-10-11-12-13-14-15-16-17-18-19-20-21-22-23-24-2/h18-23H,3-17H2,1-2H3. The number of allylic oxidation sites excluding steroid dienone is 5. The van der Waals surface area contributed by atoms with Crippen LogP contribution >= 0.6 is 0 Å². The summed E-state index contributed by atoms with van der Waals surface area (Å²) in [7, 11) is 1.66. The third-order valence-corrected chi connectivity index (χ3v) is 4.41. The van der Waals surface area contributed by atoms with Crippen LogP contribution in [-0.4, -0.2) is 7.11 Å². The van der Waals surface area contributed by atoms with Crippen LogP contribution in [0, 0.1) is 0 Å². The Morgan fingerprint density at radius 3 is 1.50 bits per heavy atom. The van der Waals surface area contributed by atoms with E-state index in [9.17, 15) is 0 Å². The summed E-state index contributed by atoms with van der Waals surface area (Å²) in [5, 5.41) is 0. The van der Waals surface area contributed by atoms with Crippen molar-refractivity contribution in [2.45, 2.75) is 103 Å². The Labute approximate surface area is 152 Å². The molecule has 0 unspecified atom stereocenters. The molecule has 0 radical (unpaired) electrons. The lowest BCUT2D eigenvalue weighted by molar-refractivity contribution is 0.338. The van der Waals surface area contributed by atoms with E-state index in [0.717, 1.165) is 0 Å². The number of unbranched alkanes of at least 4 members (excludes halogenated alkanes) is 14. The Balaban J connectivity index is 3.11. The minimum atomic E-state index is 1.20. The van der Waals surface area contributed by atoms with Crippen molar-refractivity contribution in [1.29, 1.82) is 0 Å². The molecular weight excluding hydrogens is 292 g/mol. The van der Waals surface area contributed by atoms with Gasteiger partial charge in [0.25, 0.3) is 0 Å². The molecule has 0 aromatic rings. The maximum atomic E-state index is 4.82. The Hall–Kier alpha value is -0.980. The van der Waals surface area contributed by atoms with Gasteiger partial charge in [-0.1, -0.05) is 115 Å². The topological polar surface area (TPSA) is 9.23 Å². The molecule has 0 amide bonds. The fourth-order valence-corrected chi connectivity index (χ4v) is 2.88. The van der Waals surface area contributed by atoms with E-state index in [1.54, 1.807) is 13.4 Å². The van der Waals surface area contributed by atoms with E-state index in [2.05, 4.69) is 25.2 Å². The van der Waals surface area contributed by atoms with Gasteiger partial charge in [-0.25, -0.2) is 0 Å². The molecule has 140 valence electrons. The average Bonchev–Trinajstić information content (AvgIpc) is 2.60. The fraction of sp³-hybridized carbons (Fsp3) is 0.739. The van der Waals surface area contributed by atoms with Gasteiger partial charge in [-0.2, -0.15) is 0 Å². The van der Waals surface area contributed by atoms with Crippen LogP contribution in [0.4, 0.5) is 0 Å². The second-order valence-electron chi connectivity index (χ2n) is 6.76. The van der Waals surface area contributed by atoms with E-state index in [-0.39, 0.29) is 0 Å². The maximum Gasteiger partial charge on any atom is 0.0824 e. The Kier molecular flexibility index (Phi) is 21.1. The van der Waals surface area contributed by atoms with Gasteiger partial charge in [-0.05, 0) is 18.9 Å². The predicted octanol–water partition coefficient (Wildman–Crippen LogP) is 8.13. The molecule has 0 aliphatic heterocycles. The molecule has 24 heavy (non-hydrogen) atoms. The van der Waals surface area contributed by atoms with Crippen LogP contribution in [0.1, 0.15) is 103 Å². The fourth-order valence-electron chi connectivity index (χ4n) is 2.88. The van der Waals surface area contributed by atoms with Crippen molar-refractivity contribution in [2.75, 3.05) is 7.11 Å². The van der Waals surface area contributed by atoms with E-state index >= 15 is 0 Å². The summed E-state index contributed by atoms with van der Waals surface area (Å²) < 4.78 is 4.82. The van der Waals surface area contributed by atoms with Gasteiger partial charge in [0.1, 0.15) is 0 Å². The first-order valence-electron chi connectivity index (χ1n) is 10.4. The zero-order valence-electron chi connectivity index (χ0n) is 16.5. The molecule has 0 atom stereocenters. The molecule has 0 aliphatic carbocycles. The summed E-state index contributed by atoms with van der Waals surface area (Å²) in [6.45, 7) is 2.29. The van der Waals surface area contributed by atoms with E-state index in [1.165, 1.54) is 96.3 Å². The zero-order chi connectivity index (χ0) is 17.6. The van der Waals surface area contributed by atoms with Gasteiger partial charge in [-0.15, -0.1) is 0 Å². The van der Waals surface area contributed by atoms with Crippen molar-refractivity contribution < 1.29 is 4.74 Å². The lowest BCUT2D eigenvalue weighted by atomic mass is 10.0. The highest BCUT2D eigenvalue weighted by Gasteiger charge is 1.93. The molecule has 0 saturated carbocycles. The number of ether oxygens (including phenoxy) is 1. The third kappa shape index (κ3) is 21.0. The molecule has 0 heterocycles. The van der Waals surface area contributed by atoms with E-state index in [4.69, 9.17) is 4.74 Å². The number of hydrogen-bond acceptors (Lipinski definition) is 1. The monoisotopic (exact) mass is 334 g/mol. The van der Waals surface area contributed by atoms with Gasteiger partial charge in [0.05, 0.1) is 13.4 Å². The molecule has 1 heteroatoms. The Morgan fingerprint density at radius 1 is 0.542 bits per heavy atom. The second-order valence-corrected chi connectivity index (χ2v) is 6.76. The van der Waals surface area contributed by atoms with Crippen LogP contribution < -0.4 is 0 Å². The highest BCUT2D eigenvalue weighted by molar-refractivity contribution is 5.09. The molecule has 0 aromatic heterocycles. The van der Waals surface area contributed by atoms with Crippen molar-refractivity contribution in [1.82, 2.24) is 0 Å². The van der Waals surface area contributed by atoms with Gasteiger partial charge in [-0.3, -0.25) is 0 Å². The summed E-state index contributed by atoms with van der Waals surface area (Å²) in [5.74, 6) is 0. The van der Waals surface area contributed by atoms with Gasteiger partial charge >= 0.3 is 0 Å². The van der Waals surface area contributed by atoms with Crippen LogP contribution in [0.25, 0.3) is 0 Å². The number of hydrogen-bond donors (Lipinski definition) is 0. The van der Waals surface area contributed by atoms with E-state index < -0.39 is 0 Å². The normalized spacial score (nSPS) is 12.1. The molecule has 0 bridgehead atoms. The van der Waals surface area contributed by atoms with Crippen molar-refractivity contribution in [3.8, 4) is 0 Å². The number of methoxy groups -OCH3 is 1. The summed E-state index contributed by atoms with van der Waals surface area (Å²) >= 11 is 0. The molecule has 0 aliphatic rings. The molecule has 1 nitrogen and oxygen atoms in total. The average molecular weight is 335 g/mol. The van der Waals surface area contributed by atoms with Crippen LogP contribution in [0.5, 0.6) is 0 Å². The van der Waals surface area contributed by atoms with E-state index in [1.807, 2.05) is 12.2 Å². The summed E-state index contributed by atoms with van der Waals surface area (Å²) in [6, 6.07) is 0. The third-order valence-electron chi connectivity index (χ3n) is 4.41. The van der Waals surface area contributed by atoms with Crippen molar-refractivity contribution >= 4 is 0 Å². The highest BCUT2D eigenvalue weighted by Crippen LogP contribution is 2.13. The summed E-state index contributed by atoms with van der Waals surface area (Å²) in [4.78, 5) is 0. The molecule has 0 N–H and O–H groups in total. The second kappa shape index (κ2) is 22.0. The molecule has 0 spiro atoms. The first-order valence-corrected chi connectivity index (χ1v) is 10.4. The summed E-state index contributed by atoms with van der Waals surface area (Å²) in [5.41, 5.74) is 0. The maximum absolute atomic E-state index is 4.82. The first kappa shape index (κ1) is 23.0. The Morgan fingerprint density at radius 2 is 1.00 bits per heavy atom. The quantitative estimate of drug-likeness (QED) is 0.140. The number of rotatable bonds is 18. The highest BCUT2D eigenvalue weighted by atomic mass is 16.5. The molecule has 0 saturated heterocycles. The summed E-state index contributed by atoms with van der Waals surface area (Å²) in [6.07, 6.45) is 33.2. The molecular formula is C23H42O. The lowest BCUT2D eigenvalue weighted by Crippen LogP contribution is -1.83. The minimum Gasteiger partial charge on any atom is -0.504 e. The molecule has 0 rings (SSSR count). The molecule has 0 fully saturated rings.